The van der Waals surface area contributed by atoms with Gasteiger partial charge in [-0.05, 0) is 23.8 Å². The van der Waals surface area contributed by atoms with E-state index in [-0.39, 0.29) is 16.9 Å². The van der Waals surface area contributed by atoms with Crippen molar-refractivity contribution in [1.29, 1.82) is 0 Å². The maximum atomic E-state index is 13.3. The van der Waals surface area contributed by atoms with Crippen LogP contribution in [0.25, 0.3) is 22.3 Å². The van der Waals surface area contributed by atoms with Crippen LogP contribution < -0.4 is 5.56 Å². The van der Waals surface area contributed by atoms with Gasteiger partial charge in [0.25, 0.3) is 11.2 Å². The topological polar surface area (TPSA) is 78.0 Å². The molecule has 6 nitrogen and oxygen atoms in total. The number of rotatable bonds is 4. The highest BCUT2D eigenvalue weighted by Crippen LogP contribution is 2.24. The van der Waals surface area contributed by atoms with Gasteiger partial charge >= 0.3 is 0 Å². The van der Waals surface area contributed by atoms with Crippen LogP contribution in [-0.2, 0) is 6.54 Å². The second-order valence-corrected chi connectivity index (χ2v) is 7.19. The lowest BCUT2D eigenvalue weighted by Gasteiger charge is -2.13. The molecule has 0 saturated heterocycles. The van der Waals surface area contributed by atoms with Gasteiger partial charge in [0.2, 0.25) is 0 Å². The molecule has 0 spiro atoms. The Kier molecular flexibility index (Phi) is 4.75. The Balaban J connectivity index is 1.97. The number of nitro benzene ring substituents is 1. The first-order valence-corrected chi connectivity index (χ1v) is 9.31. The second kappa shape index (κ2) is 7.36. The Labute approximate surface area is 168 Å². The molecule has 4 rings (SSSR count). The van der Waals surface area contributed by atoms with E-state index >= 15 is 0 Å². The average molecular weight is 436 g/mol. The SMILES string of the molecule is O=c1c(-c2cccc([N+](=O)[O-])c2)nc2ccc(Br)cc2n1Cc1ccccc1. The van der Waals surface area contributed by atoms with Gasteiger partial charge in [0.1, 0.15) is 5.69 Å². The number of hydrogen-bond acceptors (Lipinski definition) is 4. The summed E-state index contributed by atoms with van der Waals surface area (Å²) in [6, 6.07) is 21.2. The smallest absolute Gasteiger partial charge is 0.277 e. The summed E-state index contributed by atoms with van der Waals surface area (Å²) in [7, 11) is 0. The fourth-order valence-corrected chi connectivity index (χ4v) is 3.44. The van der Waals surface area contributed by atoms with Crippen molar-refractivity contribution < 1.29 is 4.92 Å². The Morgan fingerprint density at radius 3 is 2.54 bits per heavy atom. The van der Waals surface area contributed by atoms with Crippen LogP contribution in [0.15, 0.2) is 82.1 Å². The summed E-state index contributed by atoms with van der Waals surface area (Å²) < 4.78 is 2.49. The van der Waals surface area contributed by atoms with E-state index in [1.54, 1.807) is 16.7 Å². The van der Waals surface area contributed by atoms with E-state index in [2.05, 4.69) is 20.9 Å². The number of nitrogens with zero attached hydrogens (tertiary/aromatic N) is 3. The summed E-state index contributed by atoms with van der Waals surface area (Å²) in [5, 5.41) is 11.1. The molecule has 0 aliphatic rings. The molecule has 4 aromatic rings. The van der Waals surface area contributed by atoms with Gasteiger partial charge in [-0.25, -0.2) is 4.98 Å². The molecule has 0 atom stereocenters. The highest BCUT2D eigenvalue weighted by atomic mass is 79.9. The first-order chi connectivity index (χ1) is 13.5. The maximum absolute atomic E-state index is 13.3. The van der Waals surface area contributed by atoms with Gasteiger partial charge in [0.15, 0.2) is 0 Å². The Morgan fingerprint density at radius 2 is 1.79 bits per heavy atom. The highest BCUT2D eigenvalue weighted by molar-refractivity contribution is 9.10. The minimum absolute atomic E-state index is 0.0794. The molecule has 3 aromatic carbocycles. The number of non-ortho nitro benzene ring substituents is 1. The number of nitro groups is 1. The lowest BCUT2D eigenvalue weighted by Crippen LogP contribution is -2.24. The van der Waals surface area contributed by atoms with E-state index in [1.807, 2.05) is 48.5 Å². The molecule has 0 amide bonds. The summed E-state index contributed by atoms with van der Waals surface area (Å²) >= 11 is 3.45. The molecule has 0 aliphatic carbocycles. The molecule has 1 heterocycles. The zero-order chi connectivity index (χ0) is 19.7. The number of aromatic nitrogens is 2. The molecule has 0 bridgehead atoms. The molecule has 0 aliphatic heterocycles. The molecular weight excluding hydrogens is 422 g/mol. The van der Waals surface area contributed by atoms with E-state index in [1.165, 1.54) is 12.1 Å². The largest absolute Gasteiger partial charge is 0.300 e. The van der Waals surface area contributed by atoms with Crippen LogP contribution in [0.4, 0.5) is 5.69 Å². The predicted octanol–water partition coefficient (Wildman–Crippen LogP) is 4.78. The standard InChI is InChI=1S/C21H14BrN3O3/c22-16-9-10-18-19(12-16)24(13-14-5-2-1-3-6-14)21(26)20(23-18)15-7-4-8-17(11-15)25(27)28/h1-12H,13H2. The monoisotopic (exact) mass is 435 g/mol. The van der Waals surface area contributed by atoms with Crippen LogP contribution >= 0.6 is 15.9 Å². The molecular formula is C21H14BrN3O3. The van der Waals surface area contributed by atoms with Crippen molar-refractivity contribution in [2.75, 3.05) is 0 Å². The summed E-state index contributed by atoms with van der Waals surface area (Å²) in [6.07, 6.45) is 0. The van der Waals surface area contributed by atoms with Crippen molar-refractivity contribution in [2.24, 2.45) is 0 Å². The van der Waals surface area contributed by atoms with E-state index in [4.69, 9.17) is 0 Å². The van der Waals surface area contributed by atoms with Crippen molar-refractivity contribution in [3.8, 4) is 11.3 Å². The van der Waals surface area contributed by atoms with E-state index < -0.39 is 4.92 Å². The van der Waals surface area contributed by atoms with Crippen molar-refractivity contribution in [3.05, 3.63) is 103 Å². The lowest BCUT2D eigenvalue weighted by molar-refractivity contribution is -0.384. The van der Waals surface area contributed by atoms with Crippen molar-refractivity contribution in [2.45, 2.75) is 6.54 Å². The summed E-state index contributed by atoms with van der Waals surface area (Å²) in [4.78, 5) is 28.4. The molecule has 0 N–H and O–H groups in total. The lowest BCUT2D eigenvalue weighted by atomic mass is 10.1. The third kappa shape index (κ3) is 3.44. The molecule has 0 unspecified atom stereocenters. The zero-order valence-electron chi connectivity index (χ0n) is 14.6. The van der Waals surface area contributed by atoms with Crippen LogP contribution in [0.3, 0.4) is 0 Å². The average Bonchev–Trinajstić information content (AvgIpc) is 2.71. The normalized spacial score (nSPS) is 10.9. The van der Waals surface area contributed by atoms with Gasteiger partial charge in [-0.15, -0.1) is 0 Å². The molecule has 1 aromatic heterocycles. The Hall–Kier alpha value is -3.32. The van der Waals surface area contributed by atoms with E-state index in [0.717, 1.165) is 10.0 Å². The van der Waals surface area contributed by atoms with Gasteiger partial charge in [-0.2, -0.15) is 0 Å². The number of benzene rings is 3. The highest BCUT2D eigenvalue weighted by Gasteiger charge is 2.16. The van der Waals surface area contributed by atoms with Crippen LogP contribution in [0.5, 0.6) is 0 Å². The maximum Gasteiger partial charge on any atom is 0.277 e. The van der Waals surface area contributed by atoms with Crippen molar-refractivity contribution in [3.63, 3.8) is 0 Å². The minimum Gasteiger partial charge on any atom is -0.300 e. The van der Waals surface area contributed by atoms with Gasteiger partial charge in [0.05, 0.1) is 22.5 Å². The van der Waals surface area contributed by atoms with Gasteiger partial charge in [-0.1, -0.05) is 58.4 Å². The fraction of sp³-hybridized carbons (Fsp3) is 0.0476. The molecule has 28 heavy (non-hydrogen) atoms. The number of halogens is 1. The van der Waals surface area contributed by atoms with Crippen LogP contribution in [0.1, 0.15) is 5.56 Å². The van der Waals surface area contributed by atoms with Gasteiger partial charge in [-0.3, -0.25) is 14.9 Å². The molecule has 138 valence electrons. The first-order valence-electron chi connectivity index (χ1n) is 8.52. The predicted molar refractivity (Wildman–Crippen MR) is 111 cm³/mol. The fourth-order valence-electron chi connectivity index (χ4n) is 3.09. The third-order valence-electron chi connectivity index (χ3n) is 4.42. The van der Waals surface area contributed by atoms with Crippen LogP contribution in [0.2, 0.25) is 0 Å². The van der Waals surface area contributed by atoms with Crippen molar-refractivity contribution >= 4 is 32.7 Å². The van der Waals surface area contributed by atoms with Crippen LogP contribution in [-0.4, -0.2) is 14.5 Å². The molecule has 0 saturated carbocycles. The summed E-state index contributed by atoms with van der Waals surface area (Å²) in [5.74, 6) is 0. The number of hydrogen-bond donors (Lipinski definition) is 0. The zero-order valence-corrected chi connectivity index (χ0v) is 16.2. The van der Waals surface area contributed by atoms with Gasteiger partial charge < -0.3 is 4.57 Å². The molecule has 7 heteroatoms. The molecule has 0 radical (unpaired) electrons. The van der Waals surface area contributed by atoms with Gasteiger partial charge in [0, 0.05) is 22.2 Å². The summed E-state index contributed by atoms with van der Waals surface area (Å²) in [6.45, 7) is 0.372. The quantitative estimate of drug-likeness (QED) is 0.341. The Morgan fingerprint density at radius 1 is 1.00 bits per heavy atom. The van der Waals surface area contributed by atoms with Crippen molar-refractivity contribution in [1.82, 2.24) is 9.55 Å². The summed E-state index contributed by atoms with van der Waals surface area (Å²) in [5.41, 5.74) is 2.54. The first kappa shape index (κ1) is 18.1. The second-order valence-electron chi connectivity index (χ2n) is 6.28. The molecule has 0 fully saturated rings. The number of fused-ring (bicyclic) bond motifs is 1. The van der Waals surface area contributed by atoms with E-state index in [9.17, 15) is 14.9 Å². The van der Waals surface area contributed by atoms with E-state index in [0.29, 0.717) is 23.1 Å². The van der Waals surface area contributed by atoms with Crippen LogP contribution in [0, 0.1) is 10.1 Å². The minimum atomic E-state index is -0.482. The Bertz CT molecular complexity index is 1250. The third-order valence-corrected chi connectivity index (χ3v) is 4.92.